The number of ether oxygens (including phenoxy) is 3. The molecule has 0 saturated heterocycles. The van der Waals surface area contributed by atoms with Gasteiger partial charge in [0.2, 0.25) is 0 Å². The molecule has 0 aromatic carbocycles. The van der Waals surface area contributed by atoms with Crippen LogP contribution in [-0.4, -0.2) is 97.0 Å². The van der Waals surface area contributed by atoms with Crippen LogP contribution >= 0.6 is 0 Å². The fraction of sp³-hybridized carbons (Fsp3) is 0.947. The van der Waals surface area contributed by atoms with Crippen LogP contribution < -0.4 is 0 Å². The number of rotatable bonds is 52. The molecule has 0 fully saturated rings. The van der Waals surface area contributed by atoms with Crippen molar-refractivity contribution < 1.29 is 33.7 Å². The second kappa shape index (κ2) is 49.7. The Morgan fingerprint density at radius 1 is 0.333 bits per heavy atom. The van der Waals surface area contributed by atoms with Crippen LogP contribution in [0.2, 0.25) is 0 Å². The van der Waals surface area contributed by atoms with Gasteiger partial charge in [0.05, 0.1) is 0 Å². The molecule has 392 valence electrons. The van der Waals surface area contributed by atoms with E-state index in [-0.39, 0.29) is 42.8 Å². The summed E-state index contributed by atoms with van der Waals surface area (Å²) >= 11 is 0. The van der Waals surface area contributed by atoms with Gasteiger partial charge >= 0.3 is 17.9 Å². The molecule has 0 bridgehead atoms. The highest BCUT2D eigenvalue weighted by molar-refractivity contribution is 5.70. The fourth-order valence-electron chi connectivity index (χ4n) is 9.06. The smallest absolute Gasteiger partial charge is 0.306 e. The third kappa shape index (κ3) is 42.4. The lowest BCUT2D eigenvalue weighted by Crippen LogP contribution is -2.33. The van der Waals surface area contributed by atoms with Crippen LogP contribution in [0.3, 0.4) is 0 Å². The van der Waals surface area contributed by atoms with E-state index in [1.807, 2.05) is 0 Å². The lowest BCUT2D eigenvalue weighted by Gasteiger charge is -2.26. The van der Waals surface area contributed by atoms with Crippen molar-refractivity contribution in [1.82, 2.24) is 9.80 Å². The van der Waals surface area contributed by atoms with Crippen molar-refractivity contribution >= 4 is 17.9 Å². The zero-order valence-electron chi connectivity index (χ0n) is 44.8. The SMILES string of the molecule is CCCCCC(CC)OC(=O)CCCCCCCCN(CCCO)CCCN(CCCCCCCCC(=O)OC(CC)CCCCC)CCCCCCCCC(=O)OC(CC)CCCCC. The van der Waals surface area contributed by atoms with Crippen LogP contribution in [0.5, 0.6) is 0 Å². The quantitative estimate of drug-likeness (QED) is 0.0362. The van der Waals surface area contributed by atoms with Gasteiger partial charge in [0.25, 0.3) is 0 Å². The molecule has 0 radical (unpaired) electrons. The molecule has 66 heavy (non-hydrogen) atoms. The lowest BCUT2D eigenvalue weighted by molar-refractivity contribution is -0.150. The molecule has 0 saturated carbocycles. The van der Waals surface area contributed by atoms with Crippen LogP contribution in [0.4, 0.5) is 0 Å². The van der Waals surface area contributed by atoms with Crippen molar-refractivity contribution in [2.75, 3.05) is 45.9 Å². The first-order chi connectivity index (χ1) is 32.3. The number of aliphatic hydroxyl groups is 1. The van der Waals surface area contributed by atoms with Crippen LogP contribution in [0.15, 0.2) is 0 Å². The zero-order valence-corrected chi connectivity index (χ0v) is 44.8. The molecule has 0 aromatic rings. The van der Waals surface area contributed by atoms with E-state index in [1.54, 1.807) is 0 Å². The summed E-state index contributed by atoms with van der Waals surface area (Å²) in [5.41, 5.74) is 0. The topological polar surface area (TPSA) is 106 Å². The molecule has 0 amide bonds. The Labute approximate surface area is 409 Å². The van der Waals surface area contributed by atoms with Crippen molar-refractivity contribution in [3.05, 3.63) is 0 Å². The van der Waals surface area contributed by atoms with Crippen molar-refractivity contribution in [2.24, 2.45) is 0 Å². The van der Waals surface area contributed by atoms with Crippen molar-refractivity contribution in [3.63, 3.8) is 0 Å². The van der Waals surface area contributed by atoms with Gasteiger partial charge in [0, 0.05) is 32.4 Å². The van der Waals surface area contributed by atoms with Gasteiger partial charge in [-0.3, -0.25) is 14.4 Å². The molecular weight excluding hydrogens is 825 g/mol. The molecule has 0 aromatic heterocycles. The highest BCUT2D eigenvalue weighted by atomic mass is 16.6. The van der Waals surface area contributed by atoms with Crippen LogP contribution in [0, 0.1) is 0 Å². The standard InChI is InChI=1S/C57H112N2O7/c1-7-13-28-39-52(10-4)64-55(61)42-31-22-16-19-25-34-45-58(46-35-26-20-17-23-32-43-56(62)65-53(11-5)40-29-14-8-2)48-37-49-59(50-38-51-60)47-36-27-21-18-24-33-44-57(63)66-54(12-6)41-30-15-9-3/h52-54,60H,7-51H2,1-6H3. The van der Waals surface area contributed by atoms with E-state index in [1.165, 1.54) is 116 Å². The first-order valence-corrected chi connectivity index (χ1v) is 28.9. The fourth-order valence-corrected chi connectivity index (χ4v) is 9.06. The Bertz CT molecular complexity index is 1010. The summed E-state index contributed by atoms with van der Waals surface area (Å²) in [6, 6.07) is 0. The molecule has 0 aliphatic carbocycles. The van der Waals surface area contributed by atoms with E-state index in [0.29, 0.717) is 19.3 Å². The third-order valence-electron chi connectivity index (χ3n) is 13.5. The molecule has 0 aliphatic heterocycles. The molecular formula is C57H112N2O7. The van der Waals surface area contributed by atoms with E-state index in [2.05, 4.69) is 51.3 Å². The summed E-state index contributed by atoms with van der Waals surface area (Å²) in [5, 5.41) is 9.63. The van der Waals surface area contributed by atoms with E-state index in [9.17, 15) is 19.5 Å². The van der Waals surface area contributed by atoms with E-state index >= 15 is 0 Å². The minimum atomic E-state index is -0.0162. The predicted molar refractivity (Wildman–Crippen MR) is 279 cm³/mol. The summed E-state index contributed by atoms with van der Waals surface area (Å²) in [5.74, 6) is -0.0388. The Hall–Kier alpha value is -1.71. The number of unbranched alkanes of at least 4 members (excludes halogenated alkanes) is 21. The Morgan fingerprint density at radius 3 is 0.864 bits per heavy atom. The second-order valence-electron chi connectivity index (χ2n) is 19.8. The number of carbonyl (C=O) groups excluding carboxylic acids is 3. The summed E-state index contributed by atoms with van der Waals surface area (Å²) in [6.45, 7) is 19.8. The number of hydrogen-bond acceptors (Lipinski definition) is 9. The first-order valence-electron chi connectivity index (χ1n) is 28.9. The molecule has 9 heteroatoms. The zero-order chi connectivity index (χ0) is 48.6. The van der Waals surface area contributed by atoms with Gasteiger partial charge in [-0.15, -0.1) is 0 Å². The molecule has 9 nitrogen and oxygen atoms in total. The summed E-state index contributed by atoms with van der Waals surface area (Å²) < 4.78 is 17.3. The van der Waals surface area contributed by atoms with Crippen molar-refractivity contribution in [1.29, 1.82) is 0 Å². The van der Waals surface area contributed by atoms with Crippen molar-refractivity contribution in [3.8, 4) is 0 Å². The van der Waals surface area contributed by atoms with Crippen molar-refractivity contribution in [2.45, 2.75) is 304 Å². The third-order valence-corrected chi connectivity index (χ3v) is 13.5. The number of nitrogens with zero attached hydrogens (tertiary/aromatic N) is 2. The van der Waals surface area contributed by atoms with E-state index < -0.39 is 0 Å². The first kappa shape index (κ1) is 64.3. The van der Waals surface area contributed by atoms with E-state index in [0.717, 1.165) is 148 Å². The molecule has 0 aliphatic rings. The van der Waals surface area contributed by atoms with Gasteiger partial charge in [0.1, 0.15) is 18.3 Å². The highest BCUT2D eigenvalue weighted by Gasteiger charge is 2.15. The van der Waals surface area contributed by atoms with Crippen LogP contribution in [0.25, 0.3) is 0 Å². The molecule has 1 N–H and O–H groups in total. The molecule has 3 atom stereocenters. The largest absolute Gasteiger partial charge is 0.462 e. The van der Waals surface area contributed by atoms with Crippen LogP contribution in [-0.2, 0) is 28.6 Å². The maximum Gasteiger partial charge on any atom is 0.306 e. The monoisotopic (exact) mass is 937 g/mol. The predicted octanol–water partition coefficient (Wildman–Crippen LogP) is 15.3. The summed E-state index contributed by atoms with van der Waals surface area (Å²) in [4.78, 5) is 42.5. The minimum Gasteiger partial charge on any atom is -0.462 e. The van der Waals surface area contributed by atoms with Gasteiger partial charge in [-0.05, 0) is 142 Å². The molecule has 0 spiro atoms. The number of esters is 3. The van der Waals surface area contributed by atoms with Gasteiger partial charge < -0.3 is 29.1 Å². The van der Waals surface area contributed by atoms with Gasteiger partial charge in [-0.2, -0.15) is 0 Å². The number of carbonyl (C=O) groups is 3. The number of hydrogen-bond donors (Lipinski definition) is 1. The molecule has 0 rings (SSSR count). The maximum atomic E-state index is 12.4. The Morgan fingerprint density at radius 2 is 0.591 bits per heavy atom. The summed E-state index contributed by atoms with van der Waals surface area (Å²) in [6.07, 6.45) is 40.9. The Kier molecular flexibility index (Phi) is 48.4. The average Bonchev–Trinajstić information content (AvgIpc) is 3.31. The molecule has 0 heterocycles. The number of aliphatic hydroxyl groups excluding tert-OH is 1. The summed E-state index contributed by atoms with van der Waals surface area (Å²) in [7, 11) is 0. The lowest BCUT2D eigenvalue weighted by atomic mass is 10.1. The Balaban J connectivity index is 4.71. The molecule has 3 unspecified atom stereocenters. The van der Waals surface area contributed by atoms with E-state index in [4.69, 9.17) is 14.2 Å². The van der Waals surface area contributed by atoms with Gasteiger partial charge in [0.15, 0.2) is 0 Å². The normalized spacial score (nSPS) is 13.0. The van der Waals surface area contributed by atoms with Gasteiger partial charge in [-0.1, -0.05) is 157 Å². The second-order valence-corrected chi connectivity index (χ2v) is 19.8. The average molecular weight is 938 g/mol. The van der Waals surface area contributed by atoms with Gasteiger partial charge in [-0.25, -0.2) is 0 Å². The highest BCUT2D eigenvalue weighted by Crippen LogP contribution is 2.17. The maximum absolute atomic E-state index is 12.4. The van der Waals surface area contributed by atoms with Crippen LogP contribution in [0.1, 0.15) is 286 Å². The minimum absolute atomic E-state index is 0.0113.